The lowest BCUT2D eigenvalue weighted by molar-refractivity contribution is -0.137. The molecule has 2 aromatic rings. The summed E-state index contributed by atoms with van der Waals surface area (Å²) < 4.78 is 46.0. The Kier molecular flexibility index (Phi) is 9.14. The first-order valence-corrected chi connectivity index (χ1v) is 15.9. The maximum atomic E-state index is 13.8. The Hall–Kier alpha value is -2.47. The minimum atomic E-state index is -3.73. The Morgan fingerprint density at radius 1 is 1.05 bits per heavy atom. The first-order chi connectivity index (χ1) is 19.3. The van der Waals surface area contributed by atoms with E-state index in [0.717, 1.165) is 49.5 Å². The first kappa shape index (κ1) is 29.0. The Bertz CT molecular complexity index is 1280. The van der Waals surface area contributed by atoms with Gasteiger partial charge in [0.15, 0.2) is 0 Å². The van der Waals surface area contributed by atoms with Crippen molar-refractivity contribution in [1.82, 2.24) is 19.3 Å². The summed E-state index contributed by atoms with van der Waals surface area (Å²) in [6.45, 7) is 8.10. The second-order valence-corrected chi connectivity index (χ2v) is 13.1. The molecule has 40 heavy (non-hydrogen) atoms. The summed E-state index contributed by atoms with van der Waals surface area (Å²) in [5.74, 6) is 1.42. The lowest BCUT2D eigenvalue weighted by atomic mass is 10.0. The van der Waals surface area contributed by atoms with E-state index in [0.29, 0.717) is 54.2 Å². The zero-order chi connectivity index (χ0) is 28.3. The third kappa shape index (κ3) is 6.22. The number of piperidine rings is 2. The van der Waals surface area contributed by atoms with Crippen LogP contribution in [0.1, 0.15) is 66.7 Å². The predicted octanol–water partition coefficient (Wildman–Crippen LogP) is 3.43. The number of aryl methyl sites for hydroxylation is 2. The molecule has 11 heteroatoms. The van der Waals surface area contributed by atoms with Gasteiger partial charge in [-0.15, -0.1) is 0 Å². The van der Waals surface area contributed by atoms with Crippen LogP contribution in [0.15, 0.2) is 21.6 Å². The molecule has 1 atom stereocenters. The standard InChI is InChI=1S/C29H42N4O6S/c1-21-15-24(37-3)16-22(2)29(21)40(35,36)33-13-8-5-9-23(33)19-38-20-28(34)32-14-10-27-25(17-32)26(30-39-27)18-31-11-6-4-7-12-31/h15-16,23H,4-14,17-20H2,1-3H3. The number of fused-ring (bicyclic) bond motifs is 1. The summed E-state index contributed by atoms with van der Waals surface area (Å²) in [5, 5.41) is 4.33. The molecule has 0 saturated carbocycles. The highest BCUT2D eigenvalue weighted by Crippen LogP contribution is 2.32. The molecule has 1 unspecified atom stereocenters. The van der Waals surface area contributed by atoms with Crippen LogP contribution in [-0.4, -0.2) is 86.1 Å². The third-order valence-corrected chi connectivity index (χ3v) is 10.7. The molecule has 0 N–H and O–H groups in total. The molecule has 2 saturated heterocycles. The molecular weight excluding hydrogens is 532 g/mol. The molecule has 1 aromatic heterocycles. The van der Waals surface area contributed by atoms with E-state index in [4.69, 9.17) is 14.0 Å². The highest BCUT2D eigenvalue weighted by atomic mass is 32.2. The fraction of sp³-hybridized carbons (Fsp3) is 0.655. The maximum Gasteiger partial charge on any atom is 0.248 e. The Morgan fingerprint density at radius 2 is 1.77 bits per heavy atom. The van der Waals surface area contributed by atoms with E-state index in [2.05, 4.69) is 10.1 Å². The Morgan fingerprint density at radius 3 is 2.50 bits per heavy atom. The van der Waals surface area contributed by atoms with Crippen molar-refractivity contribution in [2.45, 2.75) is 82.8 Å². The maximum absolute atomic E-state index is 13.8. The number of ether oxygens (including phenoxy) is 2. The van der Waals surface area contributed by atoms with Crippen molar-refractivity contribution in [3.05, 3.63) is 40.3 Å². The fourth-order valence-corrected chi connectivity index (χ4v) is 8.41. The van der Waals surface area contributed by atoms with Gasteiger partial charge in [-0.2, -0.15) is 4.31 Å². The smallest absolute Gasteiger partial charge is 0.248 e. The summed E-state index contributed by atoms with van der Waals surface area (Å²) in [5.41, 5.74) is 3.28. The van der Waals surface area contributed by atoms with Crippen LogP contribution in [0, 0.1) is 13.8 Å². The molecule has 3 aliphatic rings. The van der Waals surface area contributed by atoms with Crippen molar-refractivity contribution in [2.24, 2.45) is 0 Å². The first-order valence-electron chi connectivity index (χ1n) is 14.5. The molecule has 5 rings (SSSR count). The third-order valence-electron chi connectivity index (χ3n) is 8.43. The SMILES string of the molecule is COc1cc(C)c(S(=O)(=O)N2CCCCC2COCC(=O)N2CCc3onc(CN4CCCCC4)c3C2)c(C)c1. The van der Waals surface area contributed by atoms with Gasteiger partial charge in [0.2, 0.25) is 15.9 Å². The number of methoxy groups -OCH3 is 1. The number of hydrogen-bond donors (Lipinski definition) is 0. The number of amides is 1. The number of carbonyl (C=O) groups excluding carboxylic acids is 1. The minimum Gasteiger partial charge on any atom is -0.497 e. The molecule has 0 bridgehead atoms. The van der Waals surface area contributed by atoms with E-state index < -0.39 is 10.0 Å². The van der Waals surface area contributed by atoms with E-state index in [9.17, 15) is 13.2 Å². The number of sulfonamides is 1. The van der Waals surface area contributed by atoms with Crippen LogP contribution >= 0.6 is 0 Å². The van der Waals surface area contributed by atoms with Gasteiger partial charge in [-0.25, -0.2) is 8.42 Å². The molecular formula is C29H42N4O6S. The van der Waals surface area contributed by atoms with Crippen LogP contribution < -0.4 is 4.74 Å². The van der Waals surface area contributed by atoms with Crippen molar-refractivity contribution in [3.8, 4) is 5.75 Å². The molecule has 4 heterocycles. The van der Waals surface area contributed by atoms with Crippen molar-refractivity contribution in [3.63, 3.8) is 0 Å². The van der Waals surface area contributed by atoms with Crippen molar-refractivity contribution < 1.29 is 27.2 Å². The van der Waals surface area contributed by atoms with Gasteiger partial charge < -0.3 is 18.9 Å². The average molecular weight is 575 g/mol. The number of hydrogen-bond acceptors (Lipinski definition) is 8. The lowest BCUT2D eigenvalue weighted by Gasteiger charge is -2.35. The van der Waals surface area contributed by atoms with Gasteiger partial charge in [-0.1, -0.05) is 18.0 Å². The molecule has 220 valence electrons. The van der Waals surface area contributed by atoms with Crippen LogP contribution in [0.2, 0.25) is 0 Å². The summed E-state index contributed by atoms with van der Waals surface area (Å²) >= 11 is 0. The molecule has 1 amide bonds. The van der Waals surface area contributed by atoms with Crippen LogP contribution in [-0.2, 0) is 39.1 Å². The van der Waals surface area contributed by atoms with Gasteiger partial charge in [0.05, 0.1) is 25.2 Å². The Balaban J connectivity index is 1.19. The summed E-state index contributed by atoms with van der Waals surface area (Å²) in [7, 11) is -2.16. The average Bonchev–Trinajstić information content (AvgIpc) is 3.35. The topological polar surface area (TPSA) is 105 Å². The van der Waals surface area contributed by atoms with Crippen molar-refractivity contribution in [2.75, 3.05) is 46.5 Å². The summed E-state index contributed by atoms with van der Waals surface area (Å²) in [4.78, 5) is 17.7. The fourth-order valence-electron chi connectivity index (χ4n) is 6.31. The lowest BCUT2D eigenvalue weighted by Crippen LogP contribution is -2.47. The highest BCUT2D eigenvalue weighted by Gasteiger charge is 2.36. The van der Waals surface area contributed by atoms with Gasteiger partial charge in [-0.05, 0) is 75.9 Å². The van der Waals surface area contributed by atoms with Gasteiger partial charge in [0, 0.05) is 37.7 Å². The van der Waals surface area contributed by atoms with Crippen molar-refractivity contribution in [1.29, 1.82) is 0 Å². The van der Waals surface area contributed by atoms with Crippen LogP contribution in [0.3, 0.4) is 0 Å². The molecule has 1 aromatic carbocycles. The van der Waals surface area contributed by atoms with Gasteiger partial charge >= 0.3 is 0 Å². The second-order valence-electron chi connectivity index (χ2n) is 11.3. The normalized spacial score (nSPS) is 20.9. The predicted molar refractivity (Wildman–Crippen MR) is 150 cm³/mol. The molecule has 10 nitrogen and oxygen atoms in total. The van der Waals surface area contributed by atoms with E-state index >= 15 is 0 Å². The Labute approximate surface area is 237 Å². The monoisotopic (exact) mass is 574 g/mol. The highest BCUT2D eigenvalue weighted by molar-refractivity contribution is 7.89. The molecule has 3 aliphatic heterocycles. The van der Waals surface area contributed by atoms with Gasteiger partial charge in [0.25, 0.3) is 0 Å². The largest absolute Gasteiger partial charge is 0.497 e. The zero-order valence-corrected chi connectivity index (χ0v) is 24.8. The van der Waals surface area contributed by atoms with E-state index in [-0.39, 0.29) is 25.2 Å². The molecule has 0 spiro atoms. The molecule has 0 aliphatic carbocycles. The number of benzene rings is 1. The quantitative estimate of drug-likeness (QED) is 0.449. The van der Waals surface area contributed by atoms with E-state index in [1.54, 1.807) is 42.3 Å². The summed E-state index contributed by atoms with van der Waals surface area (Å²) in [6.07, 6.45) is 6.77. The number of aromatic nitrogens is 1. The molecule has 0 radical (unpaired) electrons. The number of carbonyl (C=O) groups is 1. The number of nitrogens with zero attached hydrogens (tertiary/aromatic N) is 4. The van der Waals surface area contributed by atoms with Gasteiger partial charge in [-0.3, -0.25) is 9.69 Å². The second kappa shape index (κ2) is 12.6. The van der Waals surface area contributed by atoms with Crippen LogP contribution in [0.25, 0.3) is 0 Å². The van der Waals surface area contributed by atoms with E-state index in [1.165, 1.54) is 19.3 Å². The minimum absolute atomic E-state index is 0.0763. The van der Waals surface area contributed by atoms with Crippen LogP contribution in [0.4, 0.5) is 0 Å². The number of rotatable bonds is 9. The van der Waals surface area contributed by atoms with Crippen LogP contribution in [0.5, 0.6) is 5.75 Å². The van der Waals surface area contributed by atoms with E-state index in [1.807, 2.05) is 0 Å². The summed E-state index contributed by atoms with van der Waals surface area (Å²) in [6, 6.07) is 3.20. The van der Waals surface area contributed by atoms with Gasteiger partial charge in [0.1, 0.15) is 23.8 Å². The zero-order valence-electron chi connectivity index (χ0n) is 24.0. The van der Waals surface area contributed by atoms with Crippen molar-refractivity contribution >= 4 is 15.9 Å². The number of likely N-dealkylation sites (tertiary alicyclic amines) is 1. The molecule has 2 fully saturated rings.